The molecule has 6 heteroatoms. The summed E-state index contributed by atoms with van der Waals surface area (Å²) in [6.45, 7) is 4.71. The van der Waals surface area contributed by atoms with Crippen molar-refractivity contribution in [2.45, 2.75) is 26.8 Å². The van der Waals surface area contributed by atoms with Crippen LogP contribution in [0.2, 0.25) is 0 Å². The number of amides is 1. The van der Waals surface area contributed by atoms with E-state index in [-0.39, 0.29) is 5.91 Å². The average Bonchev–Trinajstić information content (AvgIpc) is 3.15. The zero-order valence-corrected chi connectivity index (χ0v) is 16.3. The molecule has 1 amide bonds. The molecular weight excluding hydrogens is 364 g/mol. The molecule has 5 rings (SSSR count). The lowest BCUT2D eigenvalue weighted by atomic mass is 9.97. The van der Waals surface area contributed by atoms with Crippen LogP contribution in [0.1, 0.15) is 33.3 Å². The van der Waals surface area contributed by atoms with Crippen molar-refractivity contribution < 1.29 is 9.32 Å². The van der Waals surface area contributed by atoms with Gasteiger partial charge in [-0.2, -0.15) is 0 Å². The Morgan fingerprint density at radius 3 is 2.76 bits per heavy atom. The highest BCUT2D eigenvalue weighted by Crippen LogP contribution is 2.34. The van der Waals surface area contributed by atoms with Crippen LogP contribution in [-0.2, 0) is 13.0 Å². The lowest BCUT2D eigenvalue weighted by Crippen LogP contribution is -2.36. The second kappa shape index (κ2) is 6.81. The van der Waals surface area contributed by atoms with Gasteiger partial charge in [0.1, 0.15) is 23.0 Å². The summed E-state index contributed by atoms with van der Waals surface area (Å²) < 4.78 is 5.65. The molecule has 29 heavy (non-hydrogen) atoms. The van der Waals surface area contributed by atoms with Crippen LogP contribution in [0.5, 0.6) is 0 Å². The summed E-state index contributed by atoms with van der Waals surface area (Å²) in [5, 5.41) is 6.65. The lowest BCUT2D eigenvalue weighted by Gasteiger charge is -2.26. The highest BCUT2D eigenvalue weighted by atomic mass is 16.5. The van der Waals surface area contributed by atoms with Crippen LogP contribution < -0.4 is 0 Å². The van der Waals surface area contributed by atoms with E-state index in [4.69, 9.17) is 4.52 Å². The van der Waals surface area contributed by atoms with Gasteiger partial charge in [-0.05, 0) is 30.7 Å². The number of nitrogens with zero attached hydrogens (tertiary/aromatic N) is 4. The van der Waals surface area contributed by atoms with E-state index in [1.807, 2.05) is 30.0 Å². The number of carbonyl (C=O) groups excluding carboxylic acids is 1. The van der Waals surface area contributed by atoms with Gasteiger partial charge in [-0.15, -0.1) is 0 Å². The van der Waals surface area contributed by atoms with Crippen molar-refractivity contribution in [3.8, 4) is 11.3 Å². The third-order valence-corrected chi connectivity index (χ3v) is 5.34. The molecule has 0 saturated heterocycles. The topological polar surface area (TPSA) is 72.1 Å². The van der Waals surface area contributed by atoms with E-state index in [9.17, 15) is 4.79 Å². The fourth-order valence-electron chi connectivity index (χ4n) is 4.01. The number of fused-ring (bicyclic) bond motifs is 2. The minimum atomic E-state index is -0.0886. The van der Waals surface area contributed by atoms with Crippen molar-refractivity contribution in [3.63, 3.8) is 0 Å². The van der Waals surface area contributed by atoms with Gasteiger partial charge >= 0.3 is 0 Å². The molecule has 4 aromatic rings. The van der Waals surface area contributed by atoms with Crippen LogP contribution in [0.15, 0.2) is 53.1 Å². The summed E-state index contributed by atoms with van der Waals surface area (Å²) in [4.78, 5) is 23.5. The SMILES string of the molecule is Cc1cc(C(=O)N2CCc3onc(-c4cccc5ccccc45)c3C2)nc(C)n1. The van der Waals surface area contributed by atoms with Crippen molar-refractivity contribution >= 4 is 16.7 Å². The van der Waals surface area contributed by atoms with Gasteiger partial charge in [-0.1, -0.05) is 47.6 Å². The van der Waals surface area contributed by atoms with E-state index in [2.05, 4.69) is 39.4 Å². The van der Waals surface area contributed by atoms with Gasteiger partial charge in [0.05, 0.1) is 6.54 Å². The third kappa shape index (κ3) is 3.06. The van der Waals surface area contributed by atoms with Crippen LogP contribution in [0.3, 0.4) is 0 Å². The number of hydrogen-bond donors (Lipinski definition) is 0. The standard InChI is InChI=1S/C23H20N4O2/c1-14-12-20(25-15(2)24-14)23(28)27-11-10-21-19(13-27)22(26-29-21)18-9-5-7-16-6-3-4-8-17(16)18/h3-9,12H,10-11,13H2,1-2H3. The summed E-state index contributed by atoms with van der Waals surface area (Å²) in [5.41, 5.74) is 4.03. The molecule has 0 bridgehead atoms. The average molecular weight is 384 g/mol. The Labute approximate surface area is 168 Å². The van der Waals surface area contributed by atoms with Gasteiger partial charge in [0.25, 0.3) is 5.91 Å². The maximum absolute atomic E-state index is 13.1. The first-order valence-corrected chi connectivity index (χ1v) is 9.67. The molecule has 0 aliphatic carbocycles. The maximum Gasteiger partial charge on any atom is 0.272 e. The molecule has 1 aliphatic rings. The van der Waals surface area contributed by atoms with Crippen molar-refractivity contribution in [2.75, 3.05) is 6.54 Å². The molecule has 2 aromatic carbocycles. The van der Waals surface area contributed by atoms with Gasteiger partial charge in [0.15, 0.2) is 0 Å². The number of carbonyl (C=O) groups is 1. The van der Waals surface area contributed by atoms with E-state index in [0.29, 0.717) is 31.0 Å². The van der Waals surface area contributed by atoms with Crippen molar-refractivity contribution in [3.05, 3.63) is 77.1 Å². The van der Waals surface area contributed by atoms with E-state index in [1.54, 1.807) is 13.0 Å². The number of hydrogen-bond acceptors (Lipinski definition) is 5. The first-order chi connectivity index (χ1) is 14.1. The lowest BCUT2D eigenvalue weighted by molar-refractivity contribution is 0.0722. The Morgan fingerprint density at radius 1 is 1.07 bits per heavy atom. The molecule has 0 saturated carbocycles. The van der Waals surface area contributed by atoms with Gasteiger partial charge < -0.3 is 9.42 Å². The minimum absolute atomic E-state index is 0.0886. The van der Waals surface area contributed by atoms with E-state index >= 15 is 0 Å². The summed E-state index contributed by atoms with van der Waals surface area (Å²) in [6.07, 6.45) is 0.641. The third-order valence-electron chi connectivity index (χ3n) is 5.34. The predicted octanol–water partition coefficient (Wildman–Crippen LogP) is 4.10. The van der Waals surface area contributed by atoms with Crippen LogP contribution in [0.4, 0.5) is 0 Å². The number of aromatic nitrogens is 3. The molecule has 0 radical (unpaired) electrons. The van der Waals surface area contributed by atoms with Crippen LogP contribution in [-0.4, -0.2) is 32.5 Å². The second-order valence-corrected chi connectivity index (χ2v) is 7.38. The van der Waals surface area contributed by atoms with E-state index < -0.39 is 0 Å². The van der Waals surface area contributed by atoms with E-state index in [1.165, 1.54) is 0 Å². The van der Waals surface area contributed by atoms with Crippen molar-refractivity contribution in [1.82, 2.24) is 20.0 Å². The highest BCUT2D eigenvalue weighted by molar-refractivity contribution is 5.97. The largest absolute Gasteiger partial charge is 0.360 e. The molecule has 0 atom stereocenters. The number of benzene rings is 2. The normalized spacial score (nSPS) is 13.5. The zero-order chi connectivity index (χ0) is 20.0. The first kappa shape index (κ1) is 17.6. The second-order valence-electron chi connectivity index (χ2n) is 7.38. The summed E-state index contributed by atoms with van der Waals surface area (Å²) in [6, 6.07) is 16.1. The first-order valence-electron chi connectivity index (χ1n) is 9.67. The quantitative estimate of drug-likeness (QED) is 0.520. The number of rotatable bonds is 2. The molecule has 0 unspecified atom stereocenters. The molecule has 3 heterocycles. The Kier molecular flexibility index (Phi) is 4.12. The summed E-state index contributed by atoms with van der Waals surface area (Å²) in [5.74, 6) is 1.37. The molecule has 0 spiro atoms. The van der Waals surface area contributed by atoms with Gasteiger partial charge in [-0.3, -0.25) is 4.79 Å². The van der Waals surface area contributed by atoms with Crippen molar-refractivity contribution in [2.24, 2.45) is 0 Å². The fraction of sp³-hybridized carbons (Fsp3) is 0.217. The zero-order valence-electron chi connectivity index (χ0n) is 16.3. The van der Waals surface area contributed by atoms with Gasteiger partial charge in [0, 0.05) is 29.8 Å². The Hall–Kier alpha value is -3.54. The Balaban J connectivity index is 1.53. The van der Waals surface area contributed by atoms with Gasteiger partial charge in [0.2, 0.25) is 0 Å². The minimum Gasteiger partial charge on any atom is -0.360 e. The number of aryl methyl sites for hydroxylation is 2. The van der Waals surface area contributed by atoms with Crippen LogP contribution >= 0.6 is 0 Å². The highest BCUT2D eigenvalue weighted by Gasteiger charge is 2.29. The monoisotopic (exact) mass is 384 g/mol. The fourth-order valence-corrected chi connectivity index (χ4v) is 4.01. The molecular formula is C23H20N4O2. The molecule has 6 nitrogen and oxygen atoms in total. The maximum atomic E-state index is 13.1. The van der Waals surface area contributed by atoms with Crippen molar-refractivity contribution in [1.29, 1.82) is 0 Å². The van der Waals surface area contributed by atoms with Crippen LogP contribution in [0.25, 0.3) is 22.0 Å². The molecule has 144 valence electrons. The molecule has 0 fully saturated rings. The molecule has 0 N–H and O–H groups in total. The molecule has 2 aromatic heterocycles. The van der Waals surface area contributed by atoms with Gasteiger partial charge in [-0.25, -0.2) is 9.97 Å². The smallest absolute Gasteiger partial charge is 0.272 e. The Bertz CT molecular complexity index is 1220. The summed E-state index contributed by atoms with van der Waals surface area (Å²) >= 11 is 0. The predicted molar refractivity (Wildman–Crippen MR) is 109 cm³/mol. The van der Waals surface area contributed by atoms with E-state index in [0.717, 1.165) is 39.0 Å². The van der Waals surface area contributed by atoms with Crippen LogP contribution in [0, 0.1) is 13.8 Å². The Morgan fingerprint density at radius 2 is 1.90 bits per heavy atom. The summed E-state index contributed by atoms with van der Waals surface area (Å²) in [7, 11) is 0. The molecule has 1 aliphatic heterocycles.